The molecule has 2 N–H and O–H groups in total. The zero-order chi connectivity index (χ0) is 12.1. The van der Waals surface area contributed by atoms with Crippen LogP contribution in [0.1, 0.15) is 12.7 Å². The molecule has 0 atom stereocenters. The van der Waals surface area contributed by atoms with Gasteiger partial charge in [0.05, 0.1) is 6.54 Å². The fraction of sp³-hybridized carbons (Fsp3) is 0.231. The number of anilines is 2. The molecule has 2 rings (SSSR count). The number of benzene rings is 1. The molecular weight excluding hydrogens is 212 g/mol. The predicted octanol–water partition coefficient (Wildman–Crippen LogP) is 2.09. The Morgan fingerprint density at radius 1 is 1.18 bits per heavy atom. The van der Waals surface area contributed by atoms with E-state index in [0.29, 0.717) is 6.54 Å². The minimum atomic E-state index is 0.695. The molecule has 0 radical (unpaired) electrons. The number of rotatable bonds is 4. The van der Waals surface area contributed by atoms with E-state index in [-0.39, 0.29) is 0 Å². The molecule has 0 saturated carbocycles. The zero-order valence-corrected chi connectivity index (χ0v) is 9.87. The second-order valence-electron chi connectivity index (χ2n) is 3.77. The number of nitrogens with two attached hydrogens (primary N) is 1. The van der Waals surface area contributed by atoms with E-state index in [1.807, 2.05) is 30.3 Å². The van der Waals surface area contributed by atoms with Gasteiger partial charge in [-0.15, -0.1) is 0 Å². The van der Waals surface area contributed by atoms with E-state index in [1.54, 1.807) is 12.4 Å². The van der Waals surface area contributed by atoms with Gasteiger partial charge in [-0.3, -0.25) is 0 Å². The lowest BCUT2D eigenvalue weighted by atomic mass is 10.2. The summed E-state index contributed by atoms with van der Waals surface area (Å²) in [5.74, 6) is 0.816. The van der Waals surface area contributed by atoms with Gasteiger partial charge in [0.15, 0.2) is 0 Å². The van der Waals surface area contributed by atoms with Crippen LogP contribution in [0.4, 0.5) is 11.4 Å². The monoisotopic (exact) mass is 228 g/mol. The van der Waals surface area contributed by atoms with Gasteiger partial charge in [0.2, 0.25) is 0 Å². The van der Waals surface area contributed by atoms with Crippen molar-refractivity contribution in [2.24, 2.45) is 0 Å². The molecule has 0 aliphatic carbocycles. The van der Waals surface area contributed by atoms with Crippen molar-refractivity contribution in [1.29, 1.82) is 0 Å². The molecule has 0 amide bonds. The maximum atomic E-state index is 5.79. The van der Waals surface area contributed by atoms with Gasteiger partial charge in [-0.2, -0.15) is 0 Å². The van der Waals surface area contributed by atoms with Crippen LogP contribution in [0.2, 0.25) is 0 Å². The zero-order valence-electron chi connectivity index (χ0n) is 9.87. The summed E-state index contributed by atoms with van der Waals surface area (Å²) in [6.07, 6.45) is 3.52. The molecule has 17 heavy (non-hydrogen) atoms. The molecule has 0 unspecified atom stereocenters. The molecular formula is C13H16N4. The Labute approximate surface area is 101 Å². The van der Waals surface area contributed by atoms with Crippen molar-refractivity contribution in [2.45, 2.75) is 13.5 Å². The Morgan fingerprint density at radius 2 is 1.94 bits per heavy atom. The molecule has 0 aliphatic rings. The summed E-state index contributed by atoms with van der Waals surface area (Å²) in [5, 5.41) is 0. The number of hydrogen-bond acceptors (Lipinski definition) is 4. The molecule has 0 bridgehead atoms. The molecule has 1 aromatic heterocycles. The van der Waals surface area contributed by atoms with Crippen LogP contribution in [-0.2, 0) is 6.54 Å². The highest BCUT2D eigenvalue weighted by Gasteiger charge is 2.06. The first-order chi connectivity index (χ1) is 8.29. The van der Waals surface area contributed by atoms with Crippen LogP contribution >= 0.6 is 0 Å². The number of nitrogen functional groups attached to an aromatic ring is 1. The van der Waals surface area contributed by atoms with Crippen LogP contribution in [0.15, 0.2) is 42.7 Å². The first-order valence-corrected chi connectivity index (χ1v) is 5.66. The molecule has 1 aromatic carbocycles. The quantitative estimate of drug-likeness (QED) is 0.814. The van der Waals surface area contributed by atoms with E-state index < -0.39 is 0 Å². The van der Waals surface area contributed by atoms with Crippen molar-refractivity contribution in [1.82, 2.24) is 9.97 Å². The molecule has 0 saturated heterocycles. The molecule has 0 spiro atoms. The molecule has 0 fully saturated rings. The summed E-state index contributed by atoms with van der Waals surface area (Å²) in [6, 6.07) is 9.67. The van der Waals surface area contributed by atoms with Crippen LogP contribution in [-0.4, -0.2) is 16.5 Å². The third-order valence-corrected chi connectivity index (χ3v) is 2.57. The number of nitrogens with zero attached hydrogens (tertiary/aromatic N) is 3. The van der Waals surface area contributed by atoms with Gasteiger partial charge in [-0.1, -0.05) is 6.07 Å². The van der Waals surface area contributed by atoms with Crippen molar-refractivity contribution >= 4 is 11.4 Å². The van der Waals surface area contributed by atoms with E-state index in [0.717, 1.165) is 23.7 Å². The topological polar surface area (TPSA) is 55.0 Å². The summed E-state index contributed by atoms with van der Waals surface area (Å²) < 4.78 is 0. The SMILES string of the molecule is CCN(Cc1ncccn1)c1cccc(N)c1. The van der Waals surface area contributed by atoms with Crippen molar-refractivity contribution in [2.75, 3.05) is 17.2 Å². The second-order valence-corrected chi connectivity index (χ2v) is 3.77. The fourth-order valence-electron chi connectivity index (χ4n) is 1.69. The largest absolute Gasteiger partial charge is 0.399 e. The lowest BCUT2D eigenvalue weighted by Gasteiger charge is -2.22. The maximum absolute atomic E-state index is 5.79. The molecule has 0 aliphatic heterocycles. The highest BCUT2D eigenvalue weighted by atomic mass is 15.1. The standard InChI is InChI=1S/C13H16N4/c1-2-17(10-13-15-7-4-8-16-13)12-6-3-5-11(14)9-12/h3-9H,2,10,14H2,1H3. The Hall–Kier alpha value is -2.10. The van der Waals surface area contributed by atoms with Crippen molar-refractivity contribution < 1.29 is 0 Å². The molecule has 1 heterocycles. The van der Waals surface area contributed by atoms with Gasteiger partial charge in [0.25, 0.3) is 0 Å². The highest BCUT2D eigenvalue weighted by molar-refractivity contribution is 5.55. The van der Waals surface area contributed by atoms with Crippen LogP contribution < -0.4 is 10.6 Å². The van der Waals surface area contributed by atoms with Gasteiger partial charge >= 0.3 is 0 Å². The molecule has 4 nitrogen and oxygen atoms in total. The average Bonchev–Trinajstić information content (AvgIpc) is 2.37. The van der Waals surface area contributed by atoms with Gasteiger partial charge in [-0.25, -0.2) is 9.97 Å². The van der Waals surface area contributed by atoms with E-state index >= 15 is 0 Å². The Balaban J connectivity index is 2.17. The van der Waals surface area contributed by atoms with Crippen molar-refractivity contribution in [3.05, 3.63) is 48.5 Å². The summed E-state index contributed by atoms with van der Waals surface area (Å²) in [7, 11) is 0. The molecule has 2 aromatic rings. The Kier molecular flexibility index (Phi) is 3.55. The first-order valence-electron chi connectivity index (χ1n) is 5.66. The van der Waals surface area contributed by atoms with Crippen LogP contribution in [0.3, 0.4) is 0 Å². The lowest BCUT2D eigenvalue weighted by molar-refractivity contribution is 0.780. The lowest BCUT2D eigenvalue weighted by Crippen LogP contribution is -2.23. The van der Waals surface area contributed by atoms with Gasteiger partial charge < -0.3 is 10.6 Å². The second kappa shape index (κ2) is 5.30. The Bertz CT molecular complexity index is 470. The van der Waals surface area contributed by atoms with Crippen LogP contribution in [0.5, 0.6) is 0 Å². The molecule has 88 valence electrons. The van der Waals surface area contributed by atoms with E-state index in [2.05, 4.69) is 21.8 Å². The highest BCUT2D eigenvalue weighted by Crippen LogP contribution is 2.18. The molecule has 4 heteroatoms. The van der Waals surface area contributed by atoms with Crippen LogP contribution in [0, 0.1) is 0 Å². The summed E-state index contributed by atoms with van der Waals surface area (Å²) in [6.45, 7) is 3.69. The third-order valence-electron chi connectivity index (χ3n) is 2.57. The van der Waals surface area contributed by atoms with E-state index in [4.69, 9.17) is 5.73 Å². The summed E-state index contributed by atoms with van der Waals surface area (Å²) >= 11 is 0. The van der Waals surface area contributed by atoms with E-state index in [1.165, 1.54) is 0 Å². The normalized spacial score (nSPS) is 10.2. The van der Waals surface area contributed by atoms with Gasteiger partial charge in [-0.05, 0) is 31.2 Å². The first kappa shape index (κ1) is 11.4. The minimum Gasteiger partial charge on any atom is -0.399 e. The summed E-state index contributed by atoms with van der Waals surface area (Å²) in [4.78, 5) is 10.6. The van der Waals surface area contributed by atoms with E-state index in [9.17, 15) is 0 Å². The number of aromatic nitrogens is 2. The third kappa shape index (κ3) is 2.93. The Morgan fingerprint density at radius 3 is 2.59 bits per heavy atom. The van der Waals surface area contributed by atoms with Gasteiger partial charge in [0, 0.05) is 30.3 Å². The summed E-state index contributed by atoms with van der Waals surface area (Å²) in [5.41, 5.74) is 7.66. The van der Waals surface area contributed by atoms with Crippen LogP contribution in [0.25, 0.3) is 0 Å². The average molecular weight is 228 g/mol. The van der Waals surface area contributed by atoms with Crippen molar-refractivity contribution in [3.8, 4) is 0 Å². The number of hydrogen-bond donors (Lipinski definition) is 1. The maximum Gasteiger partial charge on any atom is 0.147 e. The smallest absolute Gasteiger partial charge is 0.147 e. The minimum absolute atomic E-state index is 0.695. The van der Waals surface area contributed by atoms with Crippen molar-refractivity contribution in [3.63, 3.8) is 0 Å². The fourth-order valence-corrected chi connectivity index (χ4v) is 1.69. The van der Waals surface area contributed by atoms with Gasteiger partial charge in [0.1, 0.15) is 5.82 Å². The predicted molar refractivity (Wildman–Crippen MR) is 69.6 cm³/mol.